The normalized spacial score (nSPS) is 12.2. The molecule has 106 valence electrons. The zero-order valence-electron chi connectivity index (χ0n) is 12.3. The van der Waals surface area contributed by atoms with Gasteiger partial charge in [0.2, 0.25) is 5.88 Å². The number of pyridine rings is 1. The molecule has 0 aliphatic heterocycles. The minimum Gasteiger partial charge on any atom is -0.476 e. The van der Waals surface area contributed by atoms with Crippen molar-refractivity contribution in [1.29, 1.82) is 0 Å². The van der Waals surface area contributed by atoms with Crippen LogP contribution in [-0.2, 0) is 0 Å². The molecule has 0 amide bonds. The summed E-state index contributed by atoms with van der Waals surface area (Å²) in [5, 5.41) is 3.56. The molecule has 1 atom stereocenters. The van der Waals surface area contributed by atoms with Crippen molar-refractivity contribution < 1.29 is 4.74 Å². The van der Waals surface area contributed by atoms with Gasteiger partial charge in [-0.25, -0.2) is 4.98 Å². The quantitative estimate of drug-likeness (QED) is 0.850. The zero-order chi connectivity index (χ0) is 14.4. The average Bonchev–Trinajstić information content (AvgIpc) is 2.47. The van der Waals surface area contributed by atoms with Crippen molar-refractivity contribution in [2.24, 2.45) is 5.92 Å². The Kier molecular flexibility index (Phi) is 4.99. The molecule has 1 heterocycles. The first-order valence-electron chi connectivity index (χ1n) is 7.11. The van der Waals surface area contributed by atoms with Crippen molar-refractivity contribution in [2.45, 2.75) is 26.8 Å². The fourth-order valence-electron chi connectivity index (χ4n) is 2.22. The van der Waals surface area contributed by atoms with E-state index in [1.165, 1.54) is 5.56 Å². The summed E-state index contributed by atoms with van der Waals surface area (Å²) in [7, 11) is 0. The second-order valence-electron chi connectivity index (χ2n) is 5.07. The maximum atomic E-state index is 5.58. The Morgan fingerprint density at radius 1 is 1.10 bits per heavy atom. The van der Waals surface area contributed by atoms with Gasteiger partial charge in [-0.15, -0.1) is 0 Å². The molecule has 3 heteroatoms. The standard InChI is InChI=1S/C17H22N2O/c1-4-20-17-15(11-8-12-18-17)19-16(13(2)3)14-9-6-5-7-10-14/h5-13,16,19H,4H2,1-3H3. The molecule has 1 aromatic heterocycles. The van der Waals surface area contributed by atoms with Gasteiger partial charge in [-0.3, -0.25) is 0 Å². The minimum absolute atomic E-state index is 0.236. The van der Waals surface area contributed by atoms with Crippen molar-refractivity contribution >= 4 is 5.69 Å². The Morgan fingerprint density at radius 2 is 1.85 bits per heavy atom. The predicted octanol–water partition coefficient (Wildman–Crippen LogP) is 4.29. The van der Waals surface area contributed by atoms with Crippen molar-refractivity contribution in [1.82, 2.24) is 4.98 Å². The molecule has 0 saturated heterocycles. The average molecular weight is 270 g/mol. The number of hydrogen-bond donors (Lipinski definition) is 1. The molecule has 3 nitrogen and oxygen atoms in total. The Hall–Kier alpha value is -2.03. The highest BCUT2D eigenvalue weighted by atomic mass is 16.5. The smallest absolute Gasteiger partial charge is 0.237 e. The monoisotopic (exact) mass is 270 g/mol. The number of rotatable bonds is 6. The van der Waals surface area contributed by atoms with Crippen LogP contribution in [0.5, 0.6) is 5.88 Å². The van der Waals surface area contributed by atoms with E-state index in [1.54, 1.807) is 6.20 Å². The maximum absolute atomic E-state index is 5.58. The van der Waals surface area contributed by atoms with Gasteiger partial charge in [0.1, 0.15) is 0 Å². The van der Waals surface area contributed by atoms with E-state index in [-0.39, 0.29) is 6.04 Å². The Morgan fingerprint density at radius 3 is 2.50 bits per heavy atom. The zero-order valence-corrected chi connectivity index (χ0v) is 12.3. The van der Waals surface area contributed by atoms with E-state index in [9.17, 15) is 0 Å². The van der Waals surface area contributed by atoms with E-state index in [4.69, 9.17) is 4.74 Å². The number of nitrogens with one attached hydrogen (secondary N) is 1. The lowest BCUT2D eigenvalue weighted by atomic mass is 9.96. The molecule has 1 aromatic carbocycles. The number of ether oxygens (including phenoxy) is 1. The molecule has 0 radical (unpaired) electrons. The molecule has 2 aromatic rings. The second kappa shape index (κ2) is 6.94. The molecule has 2 rings (SSSR count). The number of aromatic nitrogens is 1. The summed E-state index contributed by atoms with van der Waals surface area (Å²) >= 11 is 0. The predicted molar refractivity (Wildman–Crippen MR) is 83.0 cm³/mol. The molecule has 0 aliphatic carbocycles. The van der Waals surface area contributed by atoms with Crippen LogP contribution in [-0.4, -0.2) is 11.6 Å². The highest BCUT2D eigenvalue weighted by molar-refractivity contribution is 5.53. The van der Waals surface area contributed by atoms with Gasteiger partial charge in [-0.05, 0) is 30.5 Å². The van der Waals surface area contributed by atoms with Gasteiger partial charge in [0.25, 0.3) is 0 Å². The first kappa shape index (κ1) is 14.4. The molecule has 0 spiro atoms. The van der Waals surface area contributed by atoms with Crippen LogP contribution >= 0.6 is 0 Å². The Balaban J connectivity index is 2.25. The minimum atomic E-state index is 0.236. The number of nitrogens with zero attached hydrogens (tertiary/aromatic N) is 1. The molecule has 20 heavy (non-hydrogen) atoms. The molecule has 0 fully saturated rings. The fourth-order valence-corrected chi connectivity index (χ4v) is 2.22. The van der Waals surface area contributed by atoms with Gasteiger partial charge in [0.15, 0.2) is 0 Å². The van der Waals surface area contributed by atoms with Gasteiger partial charge in [0, 0.05) is 6.20 Å². The number of hydrogen-bond acceptors (Lipinski definition) is 3. The lowest BCUT2D eigenvalue weighted by molar-refractivity contribution is 0.328. The van der Waals surface area contributed by atoms with E-state index < -0.39 is 0 Å². The molecule has 1 unspecified atom stereocenters. The Labute approximate surface area is 121 Å². The summed E-state index contributed by atoms with van der Waals surface area (Å²) < 4.78 is 5.58. The van der Waals surface area contributed by atoms with Crippen molar-refractivity contribution in [2.75, 3.05) is 11.9 Å². The highest BCUT2D eigenvalue weighted by Gasteiger charge is 2.17. The molecule has 0 bridgehead atoms. The van der Waals surface area contributed by atoms with Crippen LogP contribution in [0.25, 0.3) is 0 Å². The third-order valence-corrected chi connectivity index (χ3v) is 3.19. The lowest BCUT2D eigenvalue weighted by Gasteiger charge is -2.24. The van der Waals surface area contributed by atoms with E-state index in [0.717, 1.165) is 5.69 Å². The van der Waals surface area contributed by atoms with Crippen molar-refractivity contribution in [3.05, 3.63) is 54.2 Å². The Bertz CT molecular complexity index is 526. The SMILES string of the molecule is CCOc1ncccc1NC(c1ccccc1)C(C)C. The summed E-state index contributed by atoms with van der Waals surface area (Å²) in [4.78, 5) is 4.29. The van der Waals surface area contributed by atoms with Crippen LogP contribution < -0.4 is 10.1 Å². The van der Waals surface area contributed by atoms with Gasteiger partial charge in [-0.1, -0.05) is 44.2 Å². The number of anilines is 1. The first-order valence-corrected chi connectivity index (χ1v) is 7.11. The van der Waals surface area contributed by atoms with E-state index in [1.807, 2.05) is 25.1 Å². The maximum Gasteiger partial charge on any atom is 0.237 e. The topological polar surface area (TPSA) is 34.1 Å². The fraction of sp³-hybridized carbons (Fsp3) is 0.353. The van der Waals surface area contributed by atoms with Crippen LogP contribution in [0, 0.1) is 5.92 Å². The second-order valence-corrected chi connectivity index (χ2v) is 5.07. The van der Waals surface area contributed by atoms with Crippen LogP contribution in [0.15, 0.2) is 48.7 Å². The van der Waals surface area contributed by atoms with E-state index in [0.29, 0.717) is 18.4 Å². The number of benzene rings is 1. The molecule has 1 N–H and O–H groups in total. The molecular weight excluding hydrogens is 248 g/mol. The van der Waals surface area contributed by atoms with E-state index >= 15 is 0 Å². The summed E-state index contributed by atoms with van der Waals surface area (Å²) in [6, 6.07) is 14.6. The molecular formula is C17H22N2O. The van der Waals surface area contributed by atoms with Gasteiger partial charge >= 0.3 is 0 Å². The largest absolute Gasteiger partial charge is 0.476 e. The van der Waals surface area contributed by atoms with Crippen LogP contribution in [0.3, 0.4) is 0 Å². The van der Waals surface area contributed by atoms with E-state index in [2.05, 4.69) is 48.4 Å². The van der Waals surface area contributed by atoms with Gasteiger partial charge in [0.05, 0.1) is 18.3 Å². The summed E-state index contributed by atoms with van der Waals surface area (Å²) in [6.45, 7) is 7.00. The lowest BCUT2D eigenvalue weighted by Crippen LogP contribution is -2.17. The molecule has 0 saturated carbocycles. The van der Waals surface area contributed by atoms with Crippen LogP contribution in [0.2, 0.25) is 0 Å². The molecule has 0 aliphatic rings. The third kappa shape index (κ3) is 3.50. The summed E-state index contributed by atoms with van der Waals surface area (Å²) in [5.74, 6) is 1.13. The summed E-state index contributed by atoms with van der Waals surface area (Å²) in [6.07, 6.45) is 1.75. The van der Waals surface area contributed by atoms with Crippen LogP contribution in [0.1, 0.15) is 32.4 Å². The highest BCUT2D eigenvalue weighted by Crippen LogP contribution is 2.30. The van der Waals surface area contributed by atoms with Crippen LogP contribution in [0.4, 0.5) is 5.69 Å². The van der Waals surface area contributed by atoms with Crippen molar-refractivity contribution in [3.8, 4) is 5.88 Å². The van der Waals surface area contributed by atoms with Gasteiger partial charge < -0.3 is 10.1 Å². The third-order valence-electron chi connectivity index (χ3n) is 3.19. The van der Waals surface area contributed by atoms with Gasteiger partial charge in [-0.2, -0.15) is 0 Å². The summed E-state index contributed by atoms with van der Waals surface area (Å²) in [5.41, 5.74) is 2.21. The first-order chi connectivity index (χ1) is 9.72. The van der Waals surface area contributed by atoms with Crippen molar-refractivity contribution in [3.63, 3.8) is 0 Å².